The van der Waals surface area contributed by atoms with Gasteiger partial charge in [-0.05, 0) is 40.6 Å². The van der Waals surface area contributed by atoms with E-state index in [0.29, 0.717) is 29.5 Å². The lowest BCUT2D eigenvalue weighted by Gasteiger charge is -2.14. The summed E-state index contributed by atoms with van der Waals surface area (Å²) in [6.07, 6.45) is 0. The van der Waals surface area contributed by atoms with E-state index in [1.807, 2.05) is 30.3 Å². The summed E-state index contributed by atoms with van der Waals surface area (Å²) < 4.78 is 16.0. The lowest BCUT2D eigenvalue weighted by molar-refractivity contribution is -0.118. The Morgan fingerprint density at radius 1 is 0.893 bits per heavy atom. The monoisotopic (exact) mass is 397 g/mol. The molecule has 0 bridgehead atoms. The fourth-order valence-electron chi connectivity index (χ4n) is 2.90. The van der Waals surface area contributed by atoms with Crippen molar-refractivity contribution in [2.45, 2.75) is 11.4 Å². The lowest BCUT2D eigenvalue weighted by atomic mass is 10.1. The predicted octanol–water partition coefficient (Wildman–Crippen LogP) is 4.27. The Morgan fingerprint density at radius 2 is 1.57 bits per heavy atom. The van der Waals surface area contributed by atoms with Gasteiger partial charge in [0.1, 0.15) is 0 Å². The highest BCUT2D eigenvalue weighted by atomic mass is 32.2. The number of thioether (sulfide) groups is 1. The number of amides is 1. The van der Waals surface area contributed by atoms with Gasteiger partial charge in [0, 0.05) is 11.4 Å². The molecule has 0 aliphatic rings. The number of rotatable bonds is 8. The van der Waals surface area contributed by atoms with Gasteiger partial charge in [0.15, 0.2) is 11.5 Å². The number of hydrogen-bond acceptors (Lipinski definition) is 5. The number of nitrogens with one attached hydrogen (secondary N) is 1. The molecule has 0 heterocycles. The van der Waals surface area contributed by atoms with Crippen molar-refractivity contribution in [1.82, 2.24) is 5.32 Å². The topological polar surface area (TPSA) is 56.8 Å². The van der Waals surface area contributed by atoms with E-state index in [4.69, 9.17) is 14.2 Å². The molecule has 146 valence electrons. The fourth-order valence-corrected chi connectivity index (χ4v) is 3.67. The summed E-state index contributed by atoms with van der Waals surface area (Å²) in [7, 11) is 4.70. The van der Waals surface area contributed by atoms with Crippen molar-refractivity contribution in [3.8, 4) is 17.2 Å². The fraction of sp³-hybridized carbons (Fsp3) is 0.227. The van der Waals surface area contributed by atoms with Crippen LogP contribution in [0.1, 0.15) is 5.56 Å². The molecule has 6 heteroatoms. The predicted molar refractivity (Wildman–Crippen MR) is 113 cm³/mol. The van der Waals surface area contributed by atoms with Gasteiger partial charge >= 0.3 is 0 Å². The minimum atomic E-state index is -0.0353. The molecule has 0 unspecified atom stereocenters. The Hall–Kier alpha value is -2.86. The van der Waals surface area contributed by atoms with E-state index in [1.165, 1.54) is 22.5 Å². The molecule has 3 aromatic carbocycles. The van der Waals surface area contributed by atoms with Crippen LogP contribution in [-0.4, -0.2) is 33.0 Å². The Kier molecular flexibility index (Phi) is 6.66. The first kappa shape index (κ1) is 19.9. The summed E-state index contributed by atoms with van der Waals surface area (Å²) in [6, 6.07) is 18.1. The molecule has 0 aliphatic carbocycles. The van der Waals surface area contributed by atoms with E-state index in [0.717, 1.165) is 10.5 Å². The second-order valence-electron chi connectivity index (χ2n) is 6.11. The third kappa shape index (κ3) is 4.70. The van der Waals surface area contributed by atoms with Crippen LogP contribution in [0.2, 0.25) is 0 Å². The second-order valence-corrected chi connectivity index (χ2v) is 7.16. The van der Waals surface area contributed by atoms with Gasteiger partial charge in [0.2, 0.25) is 11.7 Å². The maximum Gasteiger partial charge on any atom is 0.230 e. The third-order valence-electron chi connectivity index (χ3n) is 4.31. The summed E-state index contributed by atoms with van der Waals surface area (Å²) in [6.45, 7) is 0.383. The summed E-state index contributed by atoms with van der Waals surface area (Å²) in [4.78, 5) is 13.3. The minimum absolute atomic E-state index is 0.0353. The molecule has 1 amide bonds. The zero-order valence-electron chi connectivity index (χ0n) is 16.2. The zero-order chi connectivity index (χ0) is 19.9. The average molecular weight is 397 g/mol. The highest BCUT2D eigenvalue weighted by molar-refractivity contribution is 8.00. The van der Waals surface area contributed by atoms with Gasteiger partial charge in [-0.15, -0.1) is 11.8 Å². The maximum absolute atomic E-state index is 12.3. The van der Waals surface area contributed by atoms with Crippen molar-refractivity contribution in [1.29, 1.82) is 0 Å². The zero-order valence-corrected chi connectivity index (χ0v) is 17.0. The summed E-state index contributed by atoms with van der Waals surface area (Å²) >= 11 is 1.52. The first-order valence-corrected chi connectivity index (χ1v) is 9.80. The van der Waals surface area contributed by atoms with Crippen molar-refractivity contribution >= 4 is 28.4 Å². The number of ether oxygens (including phenoxy) is 3. The van der Waals surface area contributed by atoms with Crippen LogP contribution < -0.4 is 19.5 Å². The molecule has 1 N–H and O–H groups in total. The number of benzene rings is 3. The van der Waals surface area contributed by atoms with Gasteiger partial charge in [-0.25, -0.2) is 0 Å². The van der Waals surface area contributed by atoms with Gasteiger partial charge in [-0.1, -0.05) is 30.3 Å². The summed E-state index contributed by atoms with van der Waals surface area (Å²) in [5.74, 6) is 1.98. The van der Waals surface area contributed by atoms with Gasteiger partial charge in [-0.3, -0.25) is 4.79 Å². The van der Waals surface area contributed by atoms with E-state index in [9.17, 15) is 4.79 Å². The standard InChI is InChI=1S/C22H23NO4S/c1-25-19-10-15(11-20(26-2)22(19)27-3)13-23-21(24)14-28-18-9-8-16-6-4-5-7-17(16)12-18/h4-12H,13-14H2,1-3H3,(H,23,24). The van der Waals surface area contributed by atoms with Gasteiger partial charge < -0.3 is 19.5 Å². The molecule has 0 fully saturated rings. The SMILES string of the molecule is COc1cc(CNC(=O)CSc2ccc3ccccc3c2)cc(OC)c1OC. The van der Waals surface area contributed by atoms with Gasteiger partial charge in [0.05, 0.1) is 27.1 Å². The molecule has 0 atom stereocenters. The molecule has 5 nitrogen and oxygen atoms in total. The molecule has 0 aromatic heterocycles. The van der Waals surface area contributed by atoms with E-state index < -0.39 is 0 Å². The van der Waals surface area contributed by atoms with Crippen molar-refractivity contribution in [3.63, 3.8) is 0 Å². The first-order chi connectivity index (χ1) is 13.6. The highest BCUT2D eigenvalue weighted by Crippen LogP contribution is 2.38. The molecule has 3 rings (SSSR count). The van der Waals surface area contributed by atoms with Gasteiger partial charge in [-0.2, -0.15) is 0 Å². The molecule has 0 saturated carbocycles. The number of carbonyl (C=O) groups excluding carboxylic acids is 1. The Balaban J connectivity index is 1.59. The van der Waals surface area contributed by atoms with E-state index in [-0.39, 0.29) is 5.91 Å². The Morgan fingerprint density at radius 3 is 2.21 bits per heavy atom. The van der Waals surface area contributed by atoms with E-state index >= 15 is 0 Å². The van der Waals surface area contributed by atoms with Crippen LogP contribution in [0.15, 0.2) is 59.5 Å². The van der Waals surface area contributed by atoms with Crippen LogP contribution >= 0.6 is 11.8 Å². The minimum Gasteiger partial charge on any atom is -0.493 e. The molecular weight excluding hydrogens is 374 g/mol. The van der Waals surface area contributed by atoms with Crippen molar-refractivity contribution in [3.05, 3.63) is 60.2 Å². The molecule has 0 aliphatic heterocycles. The van der Waals surface area contributed by atoms with Crippen LogP contribution in [0.4, 0.5) is 0 Å². The van der Waals surface area contributed by atoms with Crippen LogP contribution in [-0.2, 0) is 11.3 Å². The average Bonchev–Trinajstić information content (AvgIpc) is 2.75. The van der Waals surface area contributed by atoms with E-state index in [2.05, 4.69) is 29.6 Å². The number of methoxy groups -OCH3 is 3. The number of carbonyl (C=O) groups is 1. The quantitative estimate of drug-likeness (QED) is 0.575. The summed E-state index contributed by atoms with van der Waals surface area (Å²) in [5, 5.41) is 5.30. The normalized spacial score (nSPS) is 10.5. The molecule has 0 saturated heterocycles. The number of hydrogen-bond donors (Lipinski definition) is 1. The van der Waals surface area contributed by atoms with Gasteiger partial charge in [0.25, 0.3) is 0 Å². The molecule has 0 spiro atoms. The highest BCUT2D eigenvalue weighted by Gasteiger charge is 2.13. The summed E-state index contributed by atoms with van der Waals surface area (Å²) in [5.41, 5.74) is 0.874. The lowest BCUT2D eigenvalue weighted by Crippen LogP contribution is -2.24. The smallest absolute Gasteiger partial charge is 0.230 e. The second kappa shape index (κ2) is 9.37. The van der Waals surface area contributed by atoms with Crippen LogP contribution in [0.25, 0.3) is 10.8 Å². The van der Waals surface area contributed by atoms with E-state index in [1.54, 1.807) is 21.3 Å². The maximum atomic E-state index is 12.3. The third-order valence-corrected chi connectivity index (χ3v) is 5.30. The van der Waals surface area contributed by atoms with Crippen LogP contribution in [0.5, 0.6) is 17.2 Å². The molecule has 0 radical (unpaired) electrons. The van der Waals surface area contributed by atoms with Crippen LogP contribution in [0.3, 0.4) is 0 Å². The van der Waals surface area contributed by atoms with Crippen molar-refractivity contribution in [2.24, 2.45) is 0 Å². The Bertz CT molecular complexity index is 949. The van der Waals surface area contributed by atoms with Crippen molar-refractivity contribution < 1.29 is 19.0 Å². The van der Waals surface area contributed by atoms with Crippen molar-refractivity contribution in [2.75, 3.05) is 27.1 Å². The molecular formula is C22H23NO4S. The van der Waals surface area contributed by atoms with Crippen LogP contribution in [0, 0.1) is 0 Å². The Labute approximate surface area is 169 Å². The molecule has 3 aromatic rings. The molecule has 28 heavy (non-hydrogen) atoms. The first-order valence-electron chi connectivity index (χ1n) is 8.81. The largest absolute Gasteiger partial charge is 0.493 e. The number of fused-ring (bicyclic) bond motifs is 1.